The Balaban J connectivity index is 1.96. The monoisotopic (exact) mass is 243 g/mol. The Morgan fingerprint density at radius 1 is 1.40 bits per heavy atom. The maximum absolute atomic E-state index is 6.11. The van der Waals surface area contributed by atoms with Crippen molar-refractivity contribution in [1.82, 2.24) is 5.32 Å². The second kappa shape index (κ2) is 4.73. The van der Waals surface area contributed by atoms with Crippen molar-refractivity contribution in [3.63, 3.8) is 0 Å². The number of nitrogens with one attached hydrogen (secondary N) is 1. The molecule has 15 heavy (non-hydrogen) atoms. The third kappa shape index (κ3) is 3.37. The highest BCUT2D eigenvalue weighted by Crippen LogP contribution is 2.24. The molecule has 0 spiro atoms. The predicted molar refractivity (Wildman–Crippen MR) is 65.8 cm³/mol. The van der Waals surface area contributed by atoms with Gasteiger partial charge in [0, 0.05) is 22.1 Å². The summed E-state index contributed by atoms with van der Waals surface area (Å²) >= 11 is 12.0. The summed E-state index contributed by atoms with van der Waals surface area (Å²) in [7, 11) is 0. The molecule has 1 aliphatic rings. The van der Waals surface area contributed by atoms with Crippen LogP contribution in [0.15, 0.2) is 18.2 Å². The van der Waals surface area contributed by atoms with Gasteiger partial charge in [0.2, 0.25) is 0 Å². The van der Waals surface area contributed by atoms with Crippen molar-refractivity contribution in [3.05, 3.63) is 33.8 Å². The first-order chi connectivity index (χ1) is 7.15. The van der Waals surface area contributed by atoms with Gasteiger partial charge in [-0.25, -0.2) is 0 Å². The molecule has 1 fully saturated rings. The van der Waals surface area contributed by atoms with Crippen molar-refractivity contribution >= 4 is 23.2 Å². The van der Waals surface area contributed by atoms with E-state index < -0.39 is 0 Å². The van der Waals surface area contributed by atoms with E-state index >= 15 is 0 Å². The lowest BCUT2D eigenvalue weighted by Crippen LogP contribution is -2.29. The van der Waals surface area contributed by atoms with E-state index in [4.69, 9.17) is 23.2 Å². The Morgan fingerprint density at radius 3 is 2.73 bits per heavy atom. The third-order valence-electron chi connectivity index (χ3n) is 2.64. The first-order valence-corrected chi connectivity index (χ1v) is 6.10. The van der Waals surface area contributed by atoms with E-state index in [9.17, 15) is 0 Å². The minimum absolute atomic E-state index is 0.483. The molecular formula is C12H15Cl2N. The molecule has 0 bridgehead atoms. The highest BCUT2D eigenvalue weighted by Gasteiger charge is 2.22. The number of hydrogen-bond acceptors (Lipinski definition) is 1. The molecule has 1 N–H and O–H groups in total. The number of benzene rings is 1. The van der Waals surface area contributed by atoms with E-state index in [-0.39, 0.29) is 0 Å². The van der Waals surface area contributed by atoms with Crippen LogP contribution in [0.1, 0.15) is 25.3 Å². The smallest absolute Gasteiger partial charge is 0.0453 e. The van der Waals surface area contributed by atoms with E-state index in [2.05, 4.69) is 12.2 Å². The maximum atomic E-state index is 6.11. The average Bonchev–Trinajstić information content (AvgIpc) is 2.94. The Hall–Kier alpha value is -0.240. The predicted octanol–water partition coefficient (Wildman–Crippen LogP) is 3.68. The third-order valence-corrected chi connectivity index (χ3v) is 3.23. The van der Waals surface area contributed by atoms with Crippen molar-refractivity contribution in [3.8, 4) is 0 Å². The van der Waals surface area contributed by atoms with Gasteiger partial charge in [-0.15, -0.1) is 0 Å². The summed E-state index contributed by atoms with van der Waals surface area (Å²) in [6, 6.07) is 6.94. The average molecular weight is 244 g/mol. The molecule has 0 radical (unpaired) electrons. The summed E-state index contributed by atoms with van der Waals surface area (Å²) in [5, 5.41) is 5.02. The van der Waals surface area contributed by atoms with Crippen LogP contribution in [0.2, 0.25) is 10.0 Å². The van der Waals surface area contributed by atoms with Gasteiger partial charge in [0.05, 0.1) is 0 Å². The first kappa shape index (κ1) is 11.3. The Labute approximate surface area is 101 Å². The van der Waals surface area contributed by atoms with Crippen molar-refractivity contribution < 1.29 is 0 Å². The topological polar surface area (TPSA) is 12.0 Å². The summed E-state index contributed by atoms with van der Waals surface area (Å²) < 4.78 is 0. The molecule has 0 heterocycles. The van der Waals surface area contributed by atoms with Crippen LogP contribution in [-0.2, 0) is 6.42 Å². The first-order valence-electron chi connectivity index (χ1n) is 5.35. The standard InChI is InChI=1S/C12H15Cl2N/c1-8(15-11-4-5-11)6-9-2-3-10(13)7-12(9)14/h2-3,7-8,11,15H,4-6H2,1H3. The van der Waals surface area contributed by atoms with Gasteiger partial charge in [-0.05, 0) is 43.9 Å². The molecule has 1 atom stereocenters. The normalized spacial score (nSPS) is 17.8. The molecule has 0 aliphatic heterocycles. The summed E-state index contributed by atoms with van der Waals surface area (Å²) in [5.41, 5.74) is 1.17. The molecule has 2 rings (SSSR count). The fourth-order valence-electron chi connectivity index (χ4n) is 1.73. The molecule has 3 heteroatoms. The SMILES string of the molecule is CC(Cc1ccc(Cl)cc1Cl)NC1CC1. The number of rotatable bonds is 4. The summed E-state index contributed by atoms with van der Waals surface area (Å²) in [4.78, 5) is 0. The number of halogens is 2. The summed E-state index contributed by atoms with van der Waals surface area (Å²) in [6.45, 7) is 2.20. The second-order valence-corrected chi connectivity index (χ2v) is 5.13. The highest BCUT2D eigenvalue weighted by atomic mass is 35.5. The molecule has 1 nitrogen and oxygen atoms in total. The van der Waals surface area contributed by atoms with Gasteiger partial charge in [0.25, 0.3) is 0 Å². The van der Waals surface area contributed by atoms with E-state index in [0.29, 0.717) is 11.1 Å². The molecule has 1 aromatic carbocycles. The lowest BCUT2D eigenvalue weighted by atomic mass is 10.1. The van der Waals surface area contributed by atoms with Gasteiger partial charge < -0.3 is 5.32 Å². The van der Waals surface area contributed by atoms with Gasteiger partial charge in [-0.2, -0.15) is 0 Å². The van der Waals surface area contributed by atoms with Gasteiger partial charge >= 0.3 is 0 Å². The van der Waals surface area contributed by atoms with Crippen LogP contribution in [0.25, 0.3) is 0 Å². The van der Waals surface area contributed by atoms with Crippen molar-refractivity contribution in [2.24, 2.45) is 0 Å². The molecule has 1 aromatic rings. The van der Waals surface area contributed by atoms with Crippen LogP contribution in [0.3, 0.4) is 0 Å². The van der Waals surface area contributed by atoms with Crippen LogP contribution in [-0.4, -0.2) is 12.1 Å². The van der Waals surface area contributed by atoms with Crippen molar-refractivity contribution in [2.45, 2.75) is 38.3 Å². The van der Waals surface area contributed by atoms with Crippen LogP contribution >= 0.6 is 23.2 Å². The zero-order valence-electron chi connectivity index (χ0n) is 8.76. The minimum Gasteiger partial charge on any atom is -0.311 e. The summed E-state index contributed by atoms with van der Waals surface area (Å²) in [5.74, 6) is 0. The minimum atomic E-state index is 0.483. The molecule has 1 aliphatic carbocycles. The van der Waals surface area contributed by atoms with E-state index in [1.165, 1.54) is 18.4 Å². The lowest BCUT2D eigenvalue weighted by molar-refractivity contribution is 0.542. The molecule has 0 aromatic heterocycles. The van der Waals surface area contributed by atoms with Crippen molar-refractivity contribution in [1.29, 1.82) is 0 Å². The second-order valence-electron chi connectivity index (χ2n) is 4.28. The van der Waals surface area contributed by atoms with Crippen molar-refractivity contribution in [2.75, 3.05) is 0 Å². The largest absolute Gasteiger partial charge is 0.311 e. The van der Waals surface area contributed by atoms with Gasteiger partial charge in [-0.3, -0.25) is 0 Å². The molecule has 1 saturated carbocycles. The maximum Gasteiger partial charge on any atom is 0.0453 e. The van der Waals surface area contributed by atoms with Crippen LogP contribution < -0.4 is 5.32 Å². The Kier molecular flexibility index (Phi) is 3.55. The Morgan fingerprint density at radius 2 is 2.13 bits per heavy atom. The fraction of sp³-hybridized carbons (Fsp3) is 0.500. The summed E-state index contributed by atoms with van der Waals surface area (Å²) in [6.07, 6.45) is 3.60. The molecule has 0 saturated heterocycles. The Bertz CT molecular complexity index is 347. The van der Waals surface area contributed by atoms with E-state index in [0.717, 1.165) is 17.5 Å². The lowest BCUT2D eigenvalue weighted by Gasteiger charge is -2.14. The molecular weight excluding hydrogens is 229 g/mol. The van der Waals surface area contributed by atoms with Crippen LogP contribution in [0.5, 0.6) is 0 Å². The molecule has 0 amide bonds. The number of hydrogen-bond donors (Lipinski definition) is 1. The van der Waals surface area contributed by atoms with Crippen LogP contribution in [0, 0.1) is 0 Å². The fourth-order valence-corrected chi connectivity index (χ4v) is 2.21. The van der Waals surface area contributed by atoms with E-state index in [1.807, 2.05) is 18.2 Å². The van der Waals surface area contributed by atoms with Gasteiger partial charge in [0.15, 0.2) is 0 Å². The van der Waals surface area contributed by atoms with Gasteiger partial charge in [0.1, 0.15) is 0 Å². The molecule has 1 unspecified atom stereocenters. The highest BCUT2D eigenvalue weighted by molar-refractivity contribution is 6.35. The van der Waals surface area contributed by atoms with Gasteiger partial charge in [-0.1, -0.05) is 29.3 Å². The quantitative estimate of drug-likeness (QED) is 0.851. The van der Waals surface area contributed by atoms with Crippen LogP contribution in [0.4, 0.5) is 0 Å². The van der Waals surface area contributed by atoms with E-state index in [1.54, 1.807) is 0 Å². The zero-order chi connectivity index (χ0) is 10.8. The zero-order valence-corrected chi connectivity index (χ0v) is 10.3. The molecule has 82 valence electrons.